The molecule has 0 aliphatic carbocycles. The lowest BCUT2D eigenvalue weighted by molar-refractivity contribution is -0.115. The summed E-state index contributed by atoms with van der Waals surface area (Å²) in [6.45, 7) is 3.48. The second kappa shape index (κ2) is 10.3. The Morgan fingerprint density at radius 1 is 1.04 bits per heavy atom. The van der Waals surface area contributed by atoms with Crippen molar-refractivity contribution in [3.63, 3.8) is 0 Å². The van der Waals surface area contributed by atoms with Crippen molar-refractivity contribution in [1.82, 2.24) is 0 Å². The van der Waals surface area contributed by atoms with E-state index in [0.717, 1.165) is 11.3 Å². The summed E-state index contributed by atoms with van der Waals surface area (Å²) in [6, 6.07) is 13.3. The van der Waals surface area contributed by atoms with Gasteiger partial charge in [-0.15, -0.1) is 0 Å². The molecule has 0 saturated carbocycles. The molecule has 0 unspecified atom stereocenters. The van der Waals surface area contributed by atoms with Gasteiger partial charge in [-0.25, -0.2) is 0 Å². The molecule has 6 heteroatoms. The van der Waals surface area contributed by atoms with Crippen LogP contribution in [0.5, 0.6) is 11.5 Å². The molecule has 140 valence electrons. The molecule has 0 bridgehead atoms. The Bertz CT molecular complexity index is 719. The third-order valence-corrected chi connectivity index (χ3v) is 3.80. The number of aryl methyl sites for hydroxylation is 1. The topological polar surface area (TPSA) is 68.8 Å². The van der Waals surface area contributed by atoms with E-state index in [1.165, 1.54) is 0 Å². The van der Waals surface area contributed by atoms with Crippen LogP contribution in [-0.2, 0) is 9.53 Å². The minimum atomic E-state index is -0.0703. The minimum Gasteiger partial charge on any atom is -0.493 e. The van der Waals surface area contributed by atoms with Crippen LogP contribution in [0.15, 0.2) is 42.5 Å². The Labute approximate surface area is 154 Å². The number of ether oxygens (including phenoxy) is 3. The molecule has 2 aromatic rings. The van der Waals surface area contributed by atoms with Crippen molar-refractivity contribution in [2.24, 2.45) is 0 Å². The van der Waals surface area contributed by atoms with Crippen molar-refractivity contribution < 1.29 is 19.0 Å². The smallest absolute Gasteiger partial charge is 0.226 e. The van der Waals surface area contributed by atoms with Crippen molar-refractivity contribution in [3.05, 3.63) is 48.0 Å². The average molecular weight is 358 g/mol. The number of nitrogens with one attached hydrogen (secondary N) is 2. The van der Waals surface area contributed by atoms with Crippen LogP contribution in [0.3, 0.4) is 0 Å². The second-order valence-electron chi connectivity index (χ2n) is 5.75. The quantitative estimate of drug-likeness (QED) is 0.637. The number of hydrogen-bond donors (Lipinski definition) is 2. The first-order valence-electron chi connectivity index (χ1n) is 8.53. The molecule has 2 aromatic carbocycles. The lowest BCUT2D eigenvalue weighted by Gasteiger charge is -2.13. The summed E-state index contributed by atoms with van der Waals surface area (Å²) < 4.78 is 15.9. The maximum Gasteiger partial charge on any atom is 0.226 e. The van der Waals surface area contributed by atoms with E-state index in [2.05, 4.69) is 10.6 Å². The largest absolute Gasteiger partial charge is 0.493 e. The predicted octanol–water partition coefficient (Wildman–Crippen LogP) is 3.47. The molecule has 0 atom stereocenters. The molecule has 0 fully saturated rings. The average Bonchev–Trinajstić information content (AvgIpc) is 2.64. The number of amides is 1. The summed E-state index contributed by atoms with van der Waals surface area (Å²) in [5.41, 5.74) is 2.86. The van der Waals surface area contributed by atoms with Crippen molar-refractivity contribution >= 4 is 17.3 Å². The highest BCUT2D eigenvalue weighted by atomic mass is 16.5. The minimum absolute atomic E-state index is 0.0703. The van der Waals surface area contributed by atoms with E-state index in [1.54, 1.807) is 32.4 Å². The van der Waals surface area contributed by atoms with Gasteiger partial charge in [0, 0.05) is 37.5 Å². The van der Waals surface area contributed by atoms with Crippen LogP contribution >= 0.6 is 0 Å². The van der Waals surface area contributed by atoms with Gasteiger partial charge in [0.2, 0.25) is 5.91 Å². The van der Waals surface area contributed by atoms with Gasteiger partial charge in [-0.2, -0.15) is 0 Å². The van der Waals surface area contributed by atoms with Gasteiger partial charge in [-0.1, -0.05) is 18.2 Å². The molecule has 0 saturated heterocycles. The summed E-state index contributed by atoms with van der Waals surface area (Å²) in [7, 11) is 3.19. The third-order valence-electron chi connectivity index (χ3n) is 3.80. The number of anilines is 2. The number of hydrogen-bond acceptors (Lipinski definition) is 5. The molecular weight excluding hydrogens is 332 g/mol. The van der Waals surface area contributed by atoms with E-state index in [-0.39, 0.29) is 5.91 Å². The highest BCUT2D eigenvalue weighted by molar-refractivity contribution is 5.91. The van der Waals surface area contributed by atoms with Crippen molar-refractivity contribution in [2.45, 2.75) is 13.3 Å². The molecule has 0 radical (unpaired) electrons. The highest BCUT2D eigenvalue weighted by Crippen LogP contribution is 2.30. The predicted molar refractivity (Wildman–Crippen MR) is 103 cm³/mol. The van der Waals surface area contributed by atoms with Gasteiger partial charge < -0.3 is 24.8 Å². The van der Waals surface area contributed by atoms with Crippen LogP contribution in [0.1, 0.15) is 12.0 Å². The molecule has 0 aliphatic heterocycles. The first-order valence-corrected chi connectivity index (χ1v) is 8.53. The standard InChI is InChI=1S/C20H26N2O4/c1-15-6-4-5-7-17(15)21-11-10-20(23)22-16-8-9-18(25-3)19(14-16)26-13-12-24-2/h4-9,14,21H,10-13H2,1-3H3,(H,22,23). The van der Waals surface area contributed by atoms with Crippen molar-refractivity contribution in [1.29, 1.82) is 0 Å². The van der Waals surface area contributed by atoms with Crippen LogP contribution in [-0.4, -0.2) is 39.9 Å². The molecule has 0 aliphatic rings. The van der Waals surface area contributed by atoms with Gasteiger partial charge in [0.05, 0.1) is 13.7 Å². The Kier molecular flexibility index (Phi) is 7.76. The van der Waals surface area contributed by atoms with E-state index in [4.69, 9.17) is 14.2 Å². The number of para-hydroxylation sites is 1. The first kappa shape index (κ1) is 19.6. The Hall–Kier alpha value is -2.73. The van der Waals surface area contributed by atoms with Gasteiger partial charge in [0.15, 0.2) is 11.5 Å². The van der Waals surface area contributed by atoms with Gasteiger partial charge in [-0.05, 0) is 30.7 Å². The van der Waals surface area contributed by atoms with E-state index in [9.17, 15) is 4.79 Å². The first-order chi connectivity index (χ1) is 12.6. The fourth-order valence-electron chi connectivity index (χ4n) is 2.41. The van der Waals surface area contributed by atoms with E-state index < -0.39 is 0 Å². The Morgan fingerprint density at radius 2 is 1.85 bits per heavy atom. The van der Waals surface area contributed by atoms with Gasteiger partial charge in [0.1, 0.15) is 6.61 Å². The van der Waals surface area contributed by atoms with Gasteiger partial charge in [-0.3, -0.25) is 4.79 Å². The van der Waals surface area contributed by atoms with Crippen LogP contribution in [0.25, 0.3) is 0 Å². The zero-order valence-corrected chi connectivity index (χ0v) is 15.5. The second-order valence-corrected chi connectivity index (χ2v) is 5.75. The summed E-state index contributed by atoms with van der Waals surface area (Å²) in [5, 5.41) is 6.15. The summed E-state index contributed by atoms with van der Waals surface area (Å²) in [6.07, 6.45) is 0.361. The summed E-state index contributed by atoms with van der Waals surface area (Å²) >= 11 is 0. The molecule has 1 amide bonds. The summed E-state index contributed by atoms with van der Waals surface area (Å²) in [4.78, 5) is 12.2. The summed E-state index contributed by atoms with van der Waals surface area (Å²) in [5.74, 6) is 1.11. The molecule has 0 spiro atoms. The molecule has 2 rings (SSSR count). The van der Waals surface area contributed by atoms with Crippen molar-refractivity contribution in [2.75, 3.05) is 44.6 Å². The normalized spacial score (nSPS) is 10.3. The number of carbonyl (C=O) groups excluding carboxylic acids is 1. The van der Waals surface area contributed by atoms with Crippen LogP contribution < -0.4 is 20.1 Å². The van der Waals surface area contributed by atoms with Crippen molar-refractivity contribution in [3.8, 4) is 11.5 Å². The molecular formula is C20H26N2O4. The molecule has 6 nitrogen and oxygen atoms in total. The molecule has 0 aromatic heterocycles. The molecule has 0 heterocycles. The monoisotopic (exact) mass is 358 g/mol. The third kappa shape index (κ3) is 5.97. The number of carbonyl (C=O) groups is 1. The van der Waals surface area contributed by atoms with Gasteiger partial charge >= 0.3 is 0 Å². The lowest BCUT2D eigenvalue weighted by atomic mass is 10.2. The Balaban J connectivity index is 1.87. The fraction of sp³-hybridized carbons (Fsp3) is 0.350. The van der Waals surface area contributed by atoms with E-state index in [0.29, 0.717) is 43.4 Å². The zero-order chi connectivity index (χ0) is 18.8. The van der Waals surface area contributed by atoms with Gasteiger partial charge in [0.25, 0.3) is 0 Å². The molecule has 2 N–H and O–H groups in total. The van der Waals surface area contributed by atoms with Crippen LogP contribution in [0.2, 0.25) is 0 Å². The lowest BCUT2D eigenvalue weighted by Crippen LogP contribution is -2.16. The Morgan fingerprint density at radius 3 is 2.58 bits per heavy atom. The SMILES string of the molecule is COCCOc1cc(NC(=O)CCNc2ccccc2C)ccc1OC. The zero-order valence-electron chi connectivity index (χ0n) is 15.5. The highest BCUT2D eigenvalue weighted by Gasteiger charge is 2.08. The van der Waals surface area contributed by atoms with Crippen LogP contribution in [0, 0.1) is 6.92 Å². The number of methoxy groups -OCH3 is 2. The molecule has 26 heavy (non-hydrogen) atoms. The maximum atomic E-state index is 12.2. The fourth-order valence-corrected chi connectivity index (χ4v) is 2.41. The van der Waals surface area contributed by atoms with E-state index in [1.807, 2.05) is 31.2 Å². The number of rotatable bonds is 10. The number of benzene rings is 2. The van der Waals surface area contributed by atoms with E-state index >= 15 is 0 Å². The van der Waals surface area contributed by atoms with Crippen LogP contribution in [0.4, 0.5) is 11.4 Å². The maximum absolute atomic E-state index is 12.2.